The lowest BCUT2D eigenvalue weighted by Gasteiger charge is -2.39. The van der Waals surface area contributed by atoms with Crippen molar-refractivity contribution in [3.05, 3.63) is 90.0 Å². The highest BCUT2D eigenvalue weighted by atomic mass is 15.1. The van der Waals surface area contributed by atoms with Crippen LogP contribution in [0.4, 0.5) is 0 Å². The third-order valence-electron chi connectivity index (χ3n) is 11.5. The Labute approximate surface area is 310 Å². The molecule has 0 amide bonds. The fourth-order valence-corrected chi connectivity index (χ4v) is 8.31. The molecular formula is C48H78N2. The second-order valence-electron chi connectivity index (χ2n) is 15.9. The molecule has 2 nitrogen and oxygen atoms in total. The molecule has 0 bridgehead atoms. The van der Waals surface area contributed by atoms with Crippen LogP contribution < -0.4 is 0 Å². The Hall–Kier alpha value is -2.35. The van der Waals surface area contributed by atoms with Crippen LogP contribution in [0.5, 0.6) is 0 Å². The maximum absolute atomic E-state index is 5.16. The molecule has 2 unspecified atom stereocenters. The molecule has 3 rings (SSSR count). The number of benzene rings is 2. The quantitative estimate of drug-likeness (QED) is 0.0599. The molecule has 0 aliphatic heterocycles. The van der Waals surface area contributed by atoms with E-state index in [4.69, 9.17) is 4.98 Å². The van der Waals surface area contributed by atoms with Crippen molar-refractivity contribution in [3.8, 4) is 0 Å². The first kappa shape index (κ1) is 42.1. The van der Waals surface area contributed by atoms with Gasteiger partial charge in [0, 0.05) is 30.3 Å². The second kappa shape index (κ2) is 27.3. The van der Waals surface area contributed by atoms with Gasteiger partial charge < -0.3 is 4.57 Å². The van der Waals surface area contributed by atoms with Crippen LogP contribution in [0, 0.1) is 0 Å². The summed E-state index contributed by atoms with van der Waals surface area (Å²) in [5.41, 5.74) is 2.84. The summed E-state index contributed by atoms with van der Waals surface area (Å²) in [5.74, 6) is 1.69. The minimum absolute atomic E-state index is 0.0277. The van der Waals surface area contributed by atoms with Crippen molar-refractivity contribution in [1.82, 2.24) is 9.55 Å². The van der Waals surface area contributed by atoms with Gasteiger partial charge in [-0.1, -0.05) is 236 Å². The molecule has 2 heteroatoms. The summed E-state index contributed by atoms with van der Waals surface area (Å²) < 4.78 is 2.54. The van der Waals surface area contributed by atoms with Crippen molar-refractivity contribution in [3.63, 3.8) is 0 Å². The average molecular weight is 683 g/mol. The van der Waals surface area contributed by atoms with Crippen molar-refractivity contribution < 1.29 is 0 Å². The molecule has 2 atom stereocenters. The van der Waals surface area contributed by atoms with Gasteiger partial charge in [-0.05, 0) is 30.4 Å². The smallest absolute Gasteiger partial charge is 0.112 e. The van der Waals surface area contributed by atoms with Gasteiger partial charge in [-0.2, -0.15) is 0 Å². The van der Waals surface area contributed by atoms with Crippen molar-refractivity contribution in [2.45, 2.75) is 212 Å². The molecule has 2 aromatic carbocycles. The summed E-state index contributed by atoms with van der Waals surface area (Å²) in [5, 5.41) is 0. The monoisotopic (exact) mass is 683 g/mol. The molecule has 0 aliphatic rings. The highest BCUT2D eigenvalue weighted by Gasteiger charge is 2.39. The van der Waals surface area contributed by atoms with Crippen LogP contribution in [0.3, 0.4) is 0 Å². The number of hydrogen-bond donors (Lipinski definition) is 0. The number of nitrogens with zero attached hydrogens (tertiary/aromatic N) is 2. The van der Waals surface area contributed by atoms with E-state index in [0.717, 1.165) is 13.0 Å². The fraction of sp³-hybridized carbons (Fsp3) is 0.688. The zero-order valence-electron chi connectivity index (χ0n) is 33.2. The molecule has 0 saturated carbocycles. The summed E-state index contributed by atoms with van der Waals surface area (Å²) in [7, 11) is 0. The lowest BCUT2D eigenvalue weighted by molar-refractivity contribution is 0.321. The minimum Gasteiger partial charge on any atom is -0.335 e. The second-order valence-corrected chi connectivity index (χ2v) is 15.9. The summed E-state index contributed by atoms with van der Waals surface area (Å²) in [6.07, 6.45) is 41.5. The van der Waals surface area contributed by atoms with E-state index in [2.05, 4.69) is 98.4 Å². The Morgan fingerprint density at radius 3 is 1.42 bits per heavy atom. The average Bonchev–Trinajstić information content (AvgIpc) is 3.60. The molecule has 0 N–H and O–H groups in total. The topological polar surface area (TPSA) is 17.8 Å². The van der Waals surface area contributed by atoms with Gasteiger partial charge in [0.25, 0.3) is 0 Å². The van der Waals surface area contributed by atoms with Crippen LogP contribution in [0.25, 0.3) is 0 Å². The van der Waals surface area contributed by atoms with E-state index in [1.54, 1.807) is 0 Å². The third-order valence-corrected chi connectivity index (χ3v) is 11.5. The first-order valence-corrected chi connectivity index (χ1v) is 21.8. The van der Waals surface area contributed by atoms with Gasteiger partial charge in [0.2, 0.25) is 0 Å². The van der Waals surface area contributed by atoms with Crippen LogP contribution >= 0.6 is 0 Å². The van der Waals surface area contributed by atoms with E-state index >= 15 is 0 Å². The van der Waals surface area contributed by atoms with Gasteiger partial charge in [0.1, 0.15) is 5.82 Å². The molecule has 0 aliphatic carbocycles. The van der Waals surface area contributed by atoms with E-state index in [9.17, 15) is 0 Å². The molecule has 0 saturated heterocycles. The van der Waals surface area contributed by atoms with Crippen LogP contribution in [0.15, 0.2) is 73.1 Å². The molecule has 1 aromatic heterocycles. The maximum atomic E-state index is 5.16. The van der Waals surface area contributed by atoms with Crippen molar-refractivity contribution >= 4 is 0 Å². The molecule has 0 spiro atoms. The van der Waals surface area contributed by atoms with E-state index < -0.39 is 0 Å². The van der Waals surface area contributed by atoms with Gasteiger partial charge in [-0.15, -0.1) is 0 Å². The number of aryl methyl sites for hydroxylation is 1. The predicted molar refractivity (Wildman–Crippen MR) is 220 cm³/mol. The van der Waals surface area contributed by atoms with Gasteiger partial charge in [-0.3, -0.25) is 0 Å². The van der Waals surface area contributed by atoms with Crippen LogP contribution in [0.1, 0.15) is 211 Å². The summed E-state index contributed by atoms with van der Waals surface area (Å²) in [6, 6.07) is 22.6. The van der Waals surface area contributed by atoms with Gasteiger partial charge in [-0.25, -0.2) is 4.98 Å². The highest BCUT2D eigenvalue weighted by Crippen LogP contribution is 2.44. The molecule has 3 aromatic rings. The van der Waals surface area contributed by atoms with E-state index in [1.165, 1.54) is 184 Å². The van der Waals surface area contributed by atoms with E-state index in [-0.39, 0.29) is 5.41 Å². The summed E-state index contributed by atoms with van der Waals surface area (Å²) in [6.45, 7) is 8.24. The Kier molecular flexibility index (Phi) is 23.0. The molecule has 50 heavy (non-hydrogen) atoms. The Balaban J connectivity index is 1.53. The van der Waals surface area contributed by atoms with Crippen molar-refractivity contribution in [1.29, 1.82) is 0 Å². The number of rotatable bonds is 32. The van der Waals surface area contributed by atoms with Gasteiger partial charge >= 0.3 is 0 Å². The lowest BCUT2D eigenvalue weighted by Crippen LogP contribution is -2.35. The first-order chi connectivity index (χ1) is 24.7. The lowest BCUT2D eigenvalue weighted by atomic mass is 9.66. The highest BCUT2D eigenvalue weighted by molar-refractivity contribution is 5.33. The zero-order valence-corrected chi connectivity index (χ0v) is 33.2. The third kappa shape index (κ3) is 16.8. The largest absolute Gasteiger partial charge is 0.335 e. The predicted octanol–water partition coefficient (Wildman–Crippen LogP) is 15.3. The molecular weight excluding hydrogens is 605 g/mol. The Morgan fingerprint density at radius 1 is 0.520 bits per heavy atom. The first-order valence-electron chi connectivity index (χ1n) is 21.8. The number of hydrogen-bond acceptors (Lipinski definition) is 1. The van der Waals surface area contributed by atoms with E-state index in [0.29, 0.717) is 5.92 Å². The normalized spacial score (nSPS) is 13.4. The maximum Gasteiger partial charge on any atom is 0.112 e. The fourth-order valence-electron chi connectivity index (χ4n) is 8.31. The SMILES string of the molecule is CCCCCCCCCCCCCCCCCn1ccnc1C(CCCCCCCCCCCC)C(C)(Cc1ccccc1)c1ccccc1. The minimum atomic E-state index is -0.0277. The zero-order chi connectivity index (χ0) is 35.4. The van der Waals surface area contributed by atoms with E-state index in [1.807, 2.05) is 0 Å². The molecule has 0 fully saturated rings. The van der Waals surface area contributed by atoms with Crippen LogP contribution in [-0.4, -0.2) is 9.55 Å². The van der Waals surface area contributed by atoms with Crippen LogP contribution in [-0.2, 0) is 18.4 Å². The van der Waals surface area contributed by atoms with Crippen molar-refractivity contribution in [2.75, 3.05) is 0 Å². The molecule has 280 valence electrons. The van der Waals surface area contributed by atoms with Gasteiger partial charge in [0.05, 0.1) is 0 Å². The Morgan fingerprint density at radius 2 is 0.940 bits per heavy atom. The number of aromatic nitrogens is 2. The number of unbranched alkanes of at least 4 members (excludes halogenated alkanes) is 23. The van der Waals surface area contributed by atoms with Gasteiger partial charge in [0.15, 0.2) is 0 Å². The summed E-state index contributed by atoms with van der Waals surface area (Å²) >= 11 is 0. The Bertz CT molecular complexity index is 1170. The standard InChI is InChI=1S/C48H78N2/c1-4-6-8-10-12-14-16-17-18-19-20-22-24-26-34-41-50-42-40-49-47(50)46(39-33-25-23-21-15-13-11-9-7-5-2)48(3,45-37-31-28-32-38-45)43-44-35-29-27-30-36-44/h27-32,35-38,40,42,46H,4-26,33-34,39,41,43H2,1-3H3. The summed E-state index contributed by atoms with van der Waals surface area (Å²) in [4.78, 5) is 5.16. The van der Waals surface area contributed by atoms with Crippen LogP contribution in [0.2, 0.25) is 0 Å². The molecule has 1 heterocycles. The molecule has 0 radical (unpaired) electrons. The number of imidazole rings is 1. The van der Waals surface area contributed by atoms with Crippen molar-refractivity contribution in [2.24, 2.45) is 0 Å².